The van der Waals surface area contributed by atoms with E-state index in [2.05, 4.69) is 5.32 Å². The largest absolute Gasteiger partial charge is 0.352 e. The van der Waals surface area contributed by atoms with Gasteiger partial charge in [0.25, 0.3) is 5.91 Å². The summed E-state index contributed by atoms with van der Waals surface area (Å²) in [6.45, 7) is 2.77. The lowest BCUT2D eigenvalue weighted by Crippen LogP contribution is -2.23. The quantitative estimate of drug-likeness (QED) is 0.839. The van der Waals surface area contributed by atoms with E-state index in [1.807, 2.05) is 49.0 Å². The number of nitrogens with one attached hydrogen (secondary N) is 1. The number of benzene rings is 1. The van der Waals surface area contributed by atoms with Gasteiger partial charge in [0, 0.05) is 30.7 Å². The van der Waals surface area contributed by atoms with Crippen molar-refractivity contribution in [1.29, 1.82) is 0 Å². The Morgan fingerprint density at radius 3 is 2.88 bits per heavy atom. The molecule has 0 aliphatic heterocycles. The van der Waals surface area contributed by atoms with Crippen LogP contribution in [0.3, 0.4) is 0 Å². The minimum absolute atomic E-state index is 0.0126. The van der Waals surface area contributed by atoms with Crippen LogP contribution in [-0.2, 0) is 7.05 Å². The second kappa shape index (κ2) is 4.39. The third kappa shape index (κ3) is 1.81. The fourth-order valence-electron chi connectivity index (χ4n) is 1.86. The fraction of sp³-hybridized carbons (Fsp3) is 0.308. The van der Waals surface area contributed by atoms with Crippen molar-refractivity contribution in [2.75, 3.05) is 6.54 Å². The summed E-state index contributed by atoms with van der Waals surface area (Å²) < 4.78 is 1.98. The smallest absolute Gasteiger partial charge is 0.253 e. The monoisotopic (exact) mass is 216 g/mol. The van der Waals surface area contributed by atoms with Gasteiger partial charge < -0.3 is 9.88 Å². The Balaban J connectivity index is 2.41. The average Bonchev–Trinajstić information content (AvgIpc) is 2.65. The van der Waals surface area contributed by atoms with E-state index >= 15 is 0 Å². The van der Waals surface area contributed by atoms with Crippen LogP contribution in [0.25, 0.3) is 10.9 Å². The highest BCUT2D eigenvalue weighted by Gasteiger charge is 2.12. The third-order valence-corrected chi connectivity index (χ3v) is 2.68. The minimum atomic E-state index is 0.0126. The van der Waals surface area contributed by atoms with Gasteiger partial charge in [-0.15, -0.1) is 0 Å². The van der Waals surface area contributed by atoms with Crippen LogP contribution in [0.1, 0.15) is 23.7 Å². The molecule has 0 radical (unpaired) electrons. The highest BCUT2D eigenvalue weighted by molar-refractivity contribution is 6.06. The average molecular weight is 216 g/mol. The van der Waals surface area contributed by atoms with E-state index in [-0.39, 0.29) is 5.91 Å². The first-order valence-electron chi connectivity index (χ1n) is 5.56. The zero-order valence-electron chi connectivity index (χ0n) is 9.66. The van der Waals surface area contributed by atoms with Crippen molar-refractivity contribution in [1.82, 2.24) is 9.88 Å². The molecule has 1 N–H and O–H groups in total. The summed E-state index contributed by atoms with van der Waals surface area (Å²) in [4.78, 5) is 11.9. The first kappa shape index (κ1) is 10.7. The molecule has 0 saturated heterocycles. The third-order valence-electron chi connectivity index (χ3n) is 2.68. The Morgan fingerprint density at radius 2 is 2.12 bits per heavy atom. The summed E-state index contributed by atoms with van der Waals surface area (Å²) in [6.07, 6.45) is 2.84. The highest BCUT2D eigenvalue weighted by atomic mass is 16.1. The van der Waals surface area contributed by atoms with Gasteiger partial charge in [-0.2, -0.15) is 0 Å². The van der Waals surface area contributed by atoms with Gasteiger partial charge in [-0.05, 0) is 12.5 Å². The van der Waals surface area contributed by atoms with Gasteiger partial charge in [-0.25, -0.2) is 0 Å². The van der Waals surface area contributed by atoms with Crippen molar-refractivity contribution in [3.8, 4) is 0 Å². The summed E-state index contributed by atoms with van der Waals surface area (Å²) in [5, 5.41) is 3.91. The number of aryl methyl sites for hydroxylation is 1. The molecule has 3 nitrogen and oxygen atoms in total. The summed E-state index contributed by atoms with van der Waals surface area (Å²) in [5.74, 6) is 0.0126. The molecule has 16 heavy (non-hydrogen) atoms. The number of hydrogen-bond donors (Lipinski definition) is 1. The molecular formula is C13H16N2O. The Bertz CT molecular complexity index is 514. The lowest BCUT2D eigenvalue weighted by molar-refractivity contribution is 0.0955. The van der Waals surface area contributed by atoms with Gasteiger partial charge in [-0.3, -0.25) is 4.79 Å². The molecule has 0 aliphatic rings. The van der Waals surface area contributed by atoms with E-state index < -0.39 is 0 Å². The molecule has 0 aliphatic carbocycles. The molecule has 0 fully saturated rings. The molecule has 1 heterocycles. The molecule has 2 aromatic rings. The topological polar surface area (TPSA) is 34.0 Å². The van der Waals surface area contributed by atoms with Crippen LogP contribution in [0.15, 0.2) is 30.5 Å². The lowest BCUT2D eigenvalue weighted by Gasteiger charge is -2.01. The van der Waals surface area contributed by atoms with Crippen LogP contribution in [-0.4, -0.2) is 17.0 Å². The van der Waals surface area contributed by atoms with E-state index in [9.17, 15) is 4.79 Å². The molecule has 0 spiro atoms. The van der Waals surface area contributed by atoms with Crippen molar-refractivity contribution in [3.05, 3.63) is 36.0 Å². The molecule has 0 unspecified atom stereocenters. The number of hydrogen-bond acceptors (Lipinski definition) is 1. The number of para-hydroxylation sites is 1. The molecule has 1 aromatic carbocycles. The predicted octanol–water partition coefficient (Wildman–Crippen LogP) is 2.32. The number of rotatable bonds is 3. The van der Waals surface area contributed by atoms with E-state index in [1.165, 1.54) is 0 Å². The predicted molar refractivity (Wildman–Crippen MR) is 65.5 cm³/mol. The Morgan fingerprint density at radius 1 is 1.38 bits per heavy atom. The van der Waals surface area contributed by atoms with Crippen LogP contribution in [0.5, 0.6) is 0 Å². The second-order valence-corrected chi connectivity index (χ2v) is 3.93. The van der Waals surface area contributed by atoms with E-state index in [4.69, 9.17) is 0 Å². The normalized spacial score (nSPS) is 10.6. The van der Waals surface area contributed by atoms with Crippen LogP contribution in [0, 0.1) is 0 Å². The number of aromatic nitrogens is 1. The maximum atomic E-state index is 11.9. The first-order chi connectivity index (χ1) is 7.74. The van der Waals surface area contributed by atoms with Crippen molar-refractivity contribution < 1.29 is 4.79 Å². The molecule has 1 amide bonds. The molecule has 84 valence electrons. The molecule has 1 aromatic heterocycles. The number of carbonyl (C=O) groups is 1. The summed E-state index contributed by atoms with van der Waals surface area (Å²) in [6, 6.07) is 7.94. The molecule has 0 bridgehead atoms. The Hall–Kier alpha value is -1.77. The van der Waals surface area contributed by atoms with Gasteiger partial charge in [0.15, 0.2) is 0 Å². The summed E-state index contributed by atoms with van der Waals surface area (Å²) >= 11 is 0. The van der Waals surface area contributed by atoms with Gasteiger partial charge in [0.2, 0.25) is 0 Å². The van der Waals surface area contributed by atoms with Crippen molar-refractivity contribution >= 4 is 16.8 Å². The molecule has 0 atom stereocenters. The van der Waals surface area contributed by atoms with Gasteiger partial charge in [-0.1, -0.05) is 25.1 Å². The zero-order valence-corrected chi connectivity index (χ0v) is 9.66. The van der Waals surface area contributed by atoms with Crippen LogP contribution in [0.4, 0.5) is 0 Å². The molecular weight excluding hydrogens is 200 g/mol. The minimum Gasteiger partial charge on any atom is -0.352 e. The van der Waals surface area contributed by atoms with E-state index in [0.29, 0.717) is 0 Å². The first-order valence-corrected chi connectivity index (χ1v) is 5.56. The second-order valence-electron chi connectivity index (χ2n) is 3.93. The lowest BCUT2D eigenvalue weighted by atomic mass is 10.1. The maximum absolute atomic E-state index is 11.9. The van der Waals surface area contributed by atoms with E-state index in [0.717, 1.165) is 29.4 Å². The molecule has 3 heteroatoms. The van der Waals surface area contributed by atoms with E-state index in [1.54, 1.807) is 0 Å². The Kier molecular flexibility index (Phi) is 2.95. The van der Waals surface area contributed by atoms with Crippen molar-refractivity contribution in [3.63, 3.8) is 0 Å². The summed E-state index contributed by atoms with van der Waals surface area (Å²) in [5.41, 5.74) is 1.84. The van der Waals surface area contributed by atoms with Gasteiger partial charge in [0.1, 0.15) is 0 Å². The molecule has 0 saturated carbocycles. The number of fused-ring (bicyclic) bond motifs is 1. The van der Waals surface area contributed by atoms with Crippen molar-refractivity contribution in [2.45, 2.75) is 13.3 Å². The van der Waals surface area contributed by atoms with Crippen LogP contribution < -0.4 is 5.32 Å². The summed E-state index contributed by atoms with van der Waals surface area (Å²) in [7, 11) is 1.96. The van der Waals surface area contributed by atoms with Crippen molar-refractivity contribution in [2.24, 2.45) is 7.05 Å². The maximum Gasteiger partial charge on any atom is 0.253 e. The zero-order chi connectivity index (χ0) is 11.5. The number of nitrogens with zero attached hydrogens (tertiary/aromatic N) is 1. The highest BCUT2D eigenvalue weighted by Crippen LogP contribution is 2.19. The van der Waals surface area contributed by atoms with Crippen LogP contribution in [0.2, 0.25) is 0 Å². The van der Waals surface area contributed by atoms with Gasteiger partial charge >= 0.3 is 0 Å². The molecule has 2 rings (SSSR count). The number of amides is 1. The number of carbonyl (C=O) groups excluding carboxylic acids is 1. The van der Waals surface area contributed by atoms with Gasteiger partial charge in [0.05, 0.1) is 5.56 Å². The Labute approximate surface area is 95.1 Å². The van der Waals surface area contributed by atoms with Crippen LogP contribution >= 0.6 is 0 Å². The SMILES string of the molecule is CCCNC(=O)c1cn(C)c2ccccc12. The standard InChI is InChI=1S/C13H16N2O/c1-3-8-14-13(16)11-9-15(2)12-7-5-4-6-10(11)12/h4-7,9H,3,8H2,1-2H3,(H,14,16). The fourth-order valence-corrected chi connectivity index (χ4v) is 1.86.